The third-order valence-electron chi connectivity index (χ3n) is 3.70. The van der Waals surface area contributed by atoms with Gasteiger partial charge in [0, 0.05) is 36.8 Å². The molecule has 1 saturated heterocycles. The molecular formula is C14H19N3O3. The van der Waals surface area contributed by atoms with Crippen molar-refractivity contribution < 1.29 is 9.72 Å². The van der Waals surface area contributed by atoms with Crippen molar-refractivity contribution in [1.82, 2.24) is 10.2 Å². The van der Waals surface area contributed by atoms with Gasteiger partial charge in [-0.1, -0.05) is 6.07 Å². The van der Waals surface area contributed by atoms with Gasteiger partial charge in [-0.25, -0.2) is 0 Å². The molecule has 0 aromatic heterocycles. The summed E-state index contributed by atoms with van der Waals surface area (Å²) in [5, 5.41) is 14.2. The van der Waals surface area contributed by atoms with E-state index in [0.29, 0.717) is 24.2 Å². The van der Waals surface area contributed by atoms with Gasteiger partial charge in [0.15, 0.2) is 0 Å². The maximum absolute atomic E-state index is 12.6. The zero-order valence-corrected chi connectivity index (χ0v) is 12.0. The second kappa shape index (κ2) is 5.20. The molecule has 0 spiro atoms. The van der Waals surface area contributed by atoms with Crippen molar-refractivity contribution in [1.29, 1.82) is 0 Å². The third-order valence-corrected chi connectivity index (χ3v) is 3.70. The first-order chi connectivity index (χ1) is 9.33. The zero-order valence-electron chi connectivity index (χ0n) is 12.0. The van der Waals surface area contributed by atoms with Crippen molar-refractivity contribution in [3.63, 3.8) is 0 Å². The number of nitro groups is 1. The number of aryl methyl sites for hydroxylation is 1. The average molecular weight is 277 g/mol. The van der Waals surface area contributed by atoms with Gasteiger partial charge in [0.2, 0.25) is 0 Å². The molecule has 0 radical (unpaired) electrons. The molecule has 6 heteroatoms. The number of carbonyl (C=O) groups is 1. The fraction of sp³-hybridized carbons (Fsp3) is 0.500. The summed E-state index contributed by atoms with van der Waals surface area (Å²) in [7, 11) is 0. The van der Waals surface area contributed by atoms with E-state index < -0.39 is 4.92 Å². The van der Waals surface area contributed by atoms with E-state index in [1.54, 1.807) is 24.0 Å². The summed E-state index contributed by atoms with van der Waals surface area (Å²) in [5.74, 6) is -0.153. The molecule has 0 unspecified atom stereocenters. The molecular weight excluding hydrogens is 258 g/mol. The number of amides is 1. The molecule has 1 amide bonds. The van der Waals surface area contributed by atoms with Crippen molar-refractivity contribution in [3.05, 3.63) is 39.4 Å². The number of rotatable bonds is 2. The highest BCUT2D eigenvalue weighted by atomic mass is 16.6. The Kier molecular flexibility index (Phi) is 3.76. The molecule has 6 nitrogen and oxygen atoms in total. The van der Waals surface area contributed by atoms with Crippen LogP contribution in [0.2, 0.25) is 0 Å². The van der Waals surface area contributed by atoms with Crippen molar-refractivity contribution >= 4 is 11.6 Å². The minimum absolute atomic E-state index is 0.0104. The van der Waals surface area contributed by atoms with E-state index in [1.807, 2.05) is 13.8 Å². The van der Waals surface area contributed by atoms with E-state index in [9.17, 15) is 14.9 Å². The number of hydrogen-bond donors (Lipinski definition) is 1. The Bertz CT molecular complexity index is 555. The average Bonchev–Trinajstić information content (AvgIpc) is 2.37. The summed E-state index contributed by atoms with van der Waals surface area (Å²) in [6, 6.07) is 4.65. The first-order valence-electron chi connectivity index (χ1n) is 6.61. The quantitative estimate of drug-likeness (QED) is 0.660. The van der Waals surface area contributed by atoms with Crippen LogP contribution in [0.5, 0.6) is 0 Å². The lowest BCUT2D eigenvalue weighted by Gasteiger charge is -2.42. The van der Waals surface area contributed by atoms with E-state index in [4.69, 9.17) is 0 Å². The SMILES string of the molecule is Cc1ccc(C(=O)N2CCNCC2(C)C)cc1[N+](=O)[O-]. The van der Waals surface area contributed by atoms with E-state index in [0.717, 1.165) is 6.54 Å². The highest BCUT2D eigenvalue weighted by Crippen LogP contribution is 2.23. The predicted octanol–water partition coefficient (Wildman–Crippen LogP) is 1.73. The van der Waals surface area contributed by atoms with Crippen LogP contribution in [0.3, 0.4) is 0 Å². The third kappa shape index (κ3) is 2.65. The lowest BCUT2D eigenvalue weighted by molar-refractivity contribution is -0.385. The van der Waals surface area contributed by atoms with Crippen LogP contribution in [0.15, 0.2) is 18.2 Å². The molecule has 1 aliphatic rings. The minimum atomic E-state index is -0.449. The van der Waals surface area contributed by atoms with Gasteiger partial charge in [0.25, 0.3) is 11.6 Å². The van der Waals surface area contributed by atoms with E-state index in [-0.39, 0.29) is 17.1 Å². The van der Waals surface area contributed by atoms with Crippen molar-refractivity contribution in [2.75, 3.05) is 19.6 Å². The van der Waals surface area contributed by atoms with Gasteiger partial charge in [-0.2, -0.15) is 0 Å². The number of nitrogens with one attached hydrogen (secondary N) is 1. The summed E-state index contributed by atoms with van der Waals surface area (Å²) >= 11 is 0. The fourth-order valence-electron chi connectivity index (χ4n) is 2.45. The second-order valence-corrected chi connectivity index (χ2v) is 5.70. The van der Waals surface area contributed by atoms with Crippen LogP contribution in [-0.2, 0) is 0 Å². The molecule has 1 aromatic carbocycles. The highest BCUT2D eigenvalue weighted by molar-refractivity contribution is 5.95. The molecule has 1 aromatic rings. The minimum Gasteiger partial charge on any atom is -0.331 e. The Morgan fingerprint density at radius 1 is 1.45 bits per heavy atom. The summed E-state index contributed by atoms with van der Waals surface area (Å²) in [6.07, 6.45) is 0. The van der Waals surface area contributed by atoms with Gasteiger partial charge < -0.3 is 10.2 Å². The maximum atomic E-state index is 12.6. The van der Waals surface area contributed by atoms with Gasteiger partial charge in [-0.15, -0.1) is 0 Å². The van der Waals surface area contributed by atoms with Gasteiger partial charge in [0.1, 0.15) is 0 Å². The Balaban J connectivity index is 2.34. The number of nitro benzene ring substituents is 1. The highest BCUT2D eigenvalue weighted by Gasteiger charge is 2.34. The van der Waals surface area contributed by atoms with Gasteiger partial charge in [-0.05, 0) is 26.8 Å². The summed E-state index contributed by atoms with van der Waals surface area (Å²) in [4.78, 5) is 24.9. The van der Waals surface area contributed by atoms with Crippen molar-refractivity contribution in [2.24, 2.45) is 0 Å². The first-order valence-corrected chi connectivity index (χ1v) is 6.61. The van der Waals surface area contributed by atoms with Crippen LogP contribution in [0, 0.1) is 17.0 Å². The van der Waals surface area contributed by atoms with E-state index >= 15 is 0 Å². The Hall–Kier alpha value is -1.95. The van der Waals surface area contributed by atoms with Crippen LogP contribution in [0.4, 0.5) is 5.69 Å². The van der Waals surface area contributed by atoms with Crippen LogP contribution < -0.4 is 5.32 Å². The molecule has 1 heterocycles. The molecule has 108 valence electrons. The van der Waals surface area contributed by atoms with E-state index in [1.165, 1.54) is 6.07 Å². The first kappa shape index (κ1) is 14.5. The molecule has 2 rings (SSSR count). The lowest BCUT2D eigenvalue weighted by Crippen LogP contribution is -2.59. The van der Waals surface area contributed by atoms with Gasteiger partial charge in [-0.3, -0.25) is 14.9 Å². The number of hydrogen-bond acceptors (Lipinski definition) is 4. The van der Waals surface area contributed by atoms with Crippen molar-refractivity contribution in [2.45, 2.75) is 26.3 Å². The molecule has 0 bridgehead atoms. The Morgan fingerprint density at radius 2 is 2.15 bits per heavy atom. The molecule has 0 aliphatic carbocycles. The van der Waals surface area contributed by atoms with Crippen LogP contribution in [0.1, 0.15) is 29.8 Å². The number of benzene rings is 1. The fourth-order valence-corrected chi connectivity index (χ4v) is 2.45. The maximum Gasteiger partial charge on any atom is 0.273 e. The number of nitrogens with zero attached hydrogens (tertiary/aromatic N) is 2. The zero-order chi connectivity index (χ0) is 14.9. The molecule has 1 aliphatic heterocycles. The Morgan fingerprint density at radius 3 is 2.75 bits per heavy atom. The van der Waals surface area contributed by atoms with Crippen molar-refractivity contribution in [3.8, 4) is 0 Å². The van der Waals surface area contributed by atoms with Crippen LogP contribution >= 0.6 is 0 Å². The lowest BCUT2D eigenvalue weighted by atomic mass is 9.98. The monoisotopic (exact) mass is 277 g/mol. The molecule has 1 N–H and O–H groups in total. The Labute approximate surface area is 117 Å². The molecule has 0 saturated carbocycles. The van der Waals surface area contributed by atoms with Crippen LogP contribution in [-0.4, -0.2) is 40.9 Å². The molecule has 1 fully saturated rings. The topological polar surface area (TPSA) is 75.5 Å². The largest absolute Gasteiger partial charge is 0.331 e. The summed E-state index contributed by atoms with van der Waals surface area (Å²) in [6.45, 7) is 7.70. The molecule has 20 heavy (non-hydrogen) atoms. The van der Waals surface area contributed by atoms with E-state index in [2.05, 4.69) is 5.32 Å². The summed E-state index contributed by atoms with van der Waals surface area (Å²) in [5.41, 5.74) is 0.627. The molecule has 0 atom stereocenters. The second-order valence-electron chi connectivity index (χ2n) is 5.70. The van der Waals surface area contributed by atoms with Crippen LogP contribution in [0.25, 0.3) is 0 Å². The predicted molar refractivity (Wildman–Crippen MR) is 75.8 cm³/mol. The number of piperazine rings is 1. The summed E-state index contributed by atoms with van der Waals surface area (Å²) < 4.78 is 0. The smallest absolute Gasteiger partial charge is 0.273 e. The number of carbonyl (C=O) groups excluding carboxylic acids is 1. The normalized spacial score (nSPS) is 17.9. The van der Waals surface area contributed by atoms with Gasteiger partial charge >= 0.3 is 0 Å². The van der Waals surface area contributed by atoms with Gasteiger partial charge in [0.05, 0.1) is 10.5 Å². The standard InChI is InChI=1S/C14H19N3O3/c1-10-4-5-11(8-12(10)17(19)20)13(18)16-7-6-15-9-14(16,2)3/h4-5,8,15H,6-7,9H2,1-3H3.